The molecule has 1 aromatic carbocycles. The minimum absolute atomic E-state index is 0.137. The summed E-state index contributed by atoms with van der Waals surface area (Å²) in [6.07, 6.45) is 1.77. The van der Waals surface area contributed by atoms with Crippen LogP contribution in [-0.4, -0.2) is 24.2 Å². The maximum absolute atomic E-state index is 11.1. The molecule has 1 aliphatic rings. The van der Waals surface area contributed by atoms with Crippen molar-refractivity contribution in [3.05, 3.63) is 33.9 Å². The van der Waals surface area contributed by atoms with E-state index < -0.39 is 0 Å². The predicted octanol–water partition coefficient (Wildman–Crippen LogP) is 3.08. The van der Waals surface area contributed by atoms with Gasteiger partial charge in [0.15, 0.2) is 0 Å². The Labute approximate surface area is 114 Å². The first-order chi connectivity index (χ1) is 8.70. The lowest BCUT2D eigenvalue weighted by atomic mass is 10.1. The number of hydrogen-bond acceptors (Lipinski definition) is 4. The zero-order valence-corrected chi connectivity index (χ0v) is 11.5. The molecule has 0 unspecified atom stereocenters. The van der Waals surface area contributed by atoms with E-state index in [-0.39, 0.29) is 16.7 Å². The summed E-state index contributed by atoms with van der Waals surface area (Å²) in [6.45, 7) is 1.43. The van der Waals surface area contributed by atoms with Gasteiger partial charge in [-0.05, 0) is 24.5 Å². The van der Waals surface area contributed by atoms with Gasteiger partial charge in [-0.1, -0.05) is 22.0 Å². The summed E-state index contributed by atoms with van der Waals surface area (Å²) < 4.78 is 5.27. The third kappa shape index (κ3) is 3.20. The van der Waals surface area contributed by atoms with Crippen molar-refractivity contribution in [2.24, 2.45) is 0 Å². The average molecular weight is 315 g/mol. The molecule has 1 aromatic rings. The van der Waals surface area contributed by atoms with Gasteiger partial charge in [0.25, 0.3) is 5.69 Å². The van der Waals surface area contributed by atoms with Crippen molar-refractivity contribution in [3.63, 3.8) is 0 Å². The lowest BCUT2D eigenvalue weighted by molar-refractivity contribution is -0.384. The van der Waals surface area contributed by atoms with E-state index in [0.29, 0.717) is 24.2 Å². The number of nitro groups is 1. The van der Waals surface area contributed by atoms with Crippen LogP contribution in [0, 0.1) is 10.1 Å². The standard InChI is InChI=1S/C12H15BrN2O3/c13-8-9-1-2-11(12(7-9)15(16)17)14-10-3-5-18-6-4-10/h1-2,7,10,14H,3-6,8H2. The molecule has 0 amide bonds. The minimum Gasteiger partial charge on any atom is -0.381 e. The number of rotatable bonds is 4. The molecule has 2 rings (SSSR count). The summed E-state index contributed by atoms with van der Waals surface area (Å²) >= 11 is 3.30. The molecular formula is C12H15BrN2O3. The van der Waals surface area contributed by atoms with Crippen molar-refractivity contribution in [1.82, 2.24) is 0 Å². The van der Waals surface area contributed by atoms with Crippen molar-refractivity contribution in [2.75, 3.05) is 18.5 Å². The highest BCUT2D eigenvalue weighted by molar-refractivity contribution is 9.08. The summed E-state index contributed by atoms with van der Waals surface area (Å²) in [4.78, 5) is 10.7. The summed E-state index contributed by atoms with van der Waals surface area (Å²) in [5.74, 6) is 0. The lowest BCUT2D eigenvalue weighted by Crippen LogP contribution is -2.28. The lowest BCUT2D eigenvalue weighted by Gasteiger charge is -2.24. The Morgan fingerprint density at radius 3 is 2.78 bits per heavy atom. The normalized spacial score (nSPS) is 16.5. The van der Waals surface area contributed by atoms with Crippen LogP contribution in [-0.2, 0) is 10.1 Å². The number of alkyl halides is 1. The van der Waals surface area contributed by atoms with Crippen molar-refractivity contribution in [3.8, 4) is 0 Å². The third-order valence-corrected chi connectivity index (χ3v) is 3.64. The van der Waals surface area contributed by atoms with Gasteiger partial charge in [0.1, 0.15) is 5.69 Å². The molecule has 0 aromatic heterocycles. The molecule has 0 atom stereocenters. The molecule has 1 aliphatic heterocycles. The monoisotopic (exact) mass is 314 g/mol. The van der Waals surface area contributed by atoms with Gasteiger partial charge >= 0.3 is 0 Å². The molecule has 18 heavy (non-hydrogen) atoms. The molecule has 1 saturated heterocycles. The molecule has 1 fully saturated rings. The number of halogens is 1. The van der Waals surface area contributed by atoms with E-state index in [2.05, 4.69) is 21.2 Å². The van der Waals surface area contributed by atoms with Crippen molar-refractivity contribution >= 4 is 27.3 Å². The van der Waals surface area contributed by atoms with Crippen LogP contribution in [0.3, 0.4) is 0 Å². The van der Waals surface area contributed by atoms with Gasteiger partial charge in [0.2, 0.25) is 0 Å². The maximum atomic E-state index is 11.1. The zero-order valence-electron chi connectivity index (χ0n) is 9.89. The van der Waals surface area contributed by atoms with Crippen LogP contribution in [0.1, 0.15) is 18.4 Å². The number of benzene rings is 1. The van der Waals surface area contributed by atoms with Crippen molar-refractivity contribution in [1.29, 1.82) is 0 Å². The van der Waals surface area contributed by atoms with E-state index in [9.17, 15) is 10.1 Å². The largest absolute Gasteiger partial charge is 0.381 e. The molecule has 0 saturated carbocycles. The quantitative estimate of drug-likeness (QED) is 0.527. The highest BCUT2D eigenvalue weighted by atomic mass is 79.9. The molecule has 5 nitrogen and oxygen atoms in total. The van der Waals surface area contributed by atoms with Gasteiger partial charge in [-0.15, -0.1) is 0 Å². The van der Waals surface area contributed by atoms with Crippen LogP contribution in [0.5, 0.6) is 0 Å². The van der Waals surface area contributed by atoms with E-state index in [1.165, 1.54) is 0 Å². The first-order valence-electron chi connectivity index (χ1n) is 5.88. The number of nitrogens with one attached hydrogen (secondary N) is 1. The molecule has 0 bridgehead atoms. The molecule has 6 heteroatoms. The Morgan fingerprint density at radius 1 is 1.44 bits per heavy atom. The second-order valence-corrected chi connectivity index (χ2v) is 4.83. The van der Waals surface area contributed by atoms with E-state index >= 15 is 0 Å². The number of ether oxygens (including phenoxy) is 1. The van der Waals surface area contributed by atoms with Crippen LogP contribution in [0.2, 0.25) is 0 Å². The van der Waals surface area contributed by atoms with Crippen LogP contribution >= 0.6 is 15.9 Å². The molecular weight excluding hydrogens is 300 g/mol. The van der Waals surface area contributed by atoms with E-state index in [1.54, 1.807) is 12.1 Å². The second-order valence-electron chi connectivity index (χ2n) is 4.27. The highest BCUT2D eigenvalue weighted by Gasteiger charge is 2.19. The Kier molecular flexibility index (Phi) is 4.54. The molecule has 1 heterocycles. The van der Waals surface area contributed by atoms with Crippen LogP contribution in [0.4, 0.5) is 11.4 Å². The fourth-order valence-electron chi connectivity index (χ4n) is 2.00. The van der Waals surface area contributed by atoms with Crippen molar-refractivity contribution in [2.45, 2.75) is 24.2 Å². The van der Waals surface area contributed by atoms with Gasteiger partial charge in [-0.25, -0.2) is 0 Å². The summed E-state index contributed by atoms with van der Waals surface area (Å²) in [6, 6.07) is 5.54. The summed E-state index contributed by atoms with van der Waals surface area (Å²) in [5, 5.41) is 14.9. The average Bonchev–Trinajstić information content (AvgIpc) is 2.40. The number of nitrogens with zero attached hydrogens (tertiary/aromatic N) is 1. The Morgan fingerprint density at radius 2 is 2.17 bits per heavy atom. The second kappa shape index (κ2) is 6.15. The Balaban J connectivity index is 2.17. The zero-order chi connectivity index (χ0) is 13.0. The Bertz CT molecular complexity index is 433. The van der Waals surface area contributed by atoms with E-state index in [0.717, 1.165) is 18.4 Å². The van der Waals surface area contributed by atoms with E-state index in [1.807, 2.05) is 6.07 Å². The smallest absolute Gasteiger partial charge is 0.292 e. The number of anilines is 1. The predicted molar refractivity (Wildman–Crippen MR) is 73.2 cm³/mol. The van der Waals surface area contributed by atoms with Gasteiger partial charge in [-0.3, -0.25) is 10.1 Å². The Hall–Kier alpha value is -1.14. The molecule has 0 aliphatic carbocycles. The number of hydrogen-bond donors (Lipinski definition) is 1. The molecule has 98 valence electrons. The summed E-state index contributed by atoms with van der Waals surface area (Å²) in [5.41, 5.74) is 1.63. The molecule has 1 N–H and O–H groups in total. The molecule has 0 spiro atoms. The fraction of sp³-hybridized carbons (Fsp3) is 0.500. The van der Waals surface area contributed by atoms with Gasteiger partial charge in [0.05, 0.1) is 4.92 Å². The molecule has 0 radical (unpaired) electrons. The number of nitro benzene ring substituents is 1. The van der Waals surface area contributed by atoms with Gasteiger partial charge in [0, 0.05) is 30.7 Å². The summed E-state index contributed by atoms with van der Waals surface area (Å²) in [7, 11) is 0. The minimum atomic E-state index is -0.339. The maximum Gasteiger partial charge on any atom is 0.292 e. The van der Waals surface area contributed by atoms with Crippen molar-refractivity contribution < 1.29 is 9.66 Å². The van der Waals surface area contributed by atoms with Crippen LogP contribution in [0.25, 0.3) is 0 Å². The van der Waals surface area contributed by atoms with Crippen LogP contribution in [0.15, 0.2) is 18.2 Å². The third-order valence-electron chi connectivity index (χ3n) is 2.99. The first-order valence-corrected chi connectivity index (χ1v) is 7.00. The van der Waals surface area contributed by atoms with E-state index in [4.69, 9.17) is 4.74 Å². The van der Waals surface area contributed by atoms with Crippen LogP contribution < -0.4 is 5.32 Å². The highest BCUT2D eigenvalue weighted by Crippen LogP contribution is 2.28. The first kappa shape index (κ1) is 13.3. The SMILES string of the molecule is O=[N+]([O-])c1cc(CBr)ccc1NC1CCOCC1. The van der Waals surface area contributed by atoms with Gasteiger partial charge in [-0.2, -0.15) is 0 Å². The van der Waals surface area contributed by atoms with Gasteiger partial charge < -0.3 is 10.1 Å². The fourth-order valence-corrected chi connectivity index (χ4v) is 2.34. The topological polar surface area (TPSA) is 64.4 Å².